The van der Waals surface area contributed by atoms with Crippen molar-refractivity contribution in [2.45, 2.75) is 19.9 Å². The summed E-state index contributed by atoms with van der Waals surface area (Å²) in [6.07, 6.45) is 0. The van der Waals surface area contributed by atoms with E-state index < -0.39 is 0 Å². The highest BCUT2D eigenvalue weighted by molar-refractivity contribution is 6.28. The molecule has 0 spiro atoms. The molecule has 1 aromatic heterocycles. The van der Waals surface area contributed by atoms with Crippen molar-refractivity contribution >= 4 is 17.4 Å². The second kappa shape index (κ2) is 4.33. The molecular formula is C10H15ClN4. The zero-order valence-electron chi connectivity index (χ0n) is 9.00. The zero-order chi connectivity index (χ0) is 10.8. The van der Waals surface area contributed by atoms with Crippen LogP contribution in [0.5, 0.6) is 0 Å². The van der Waals surface area contributed by atoms with Gasteiger partial charge in [-0.1, -0.05) is 0 Å². The summed E-state index contributed by atoms with van der Waals surface area (Å²) in [6.45, 7) is 7.02. The number of aryl methyl sites for hydroxylation is 1. The molecule has 2 rings (SSSR count). The highest BCUT2D eigenvalue weighted by atomic mass is 35.5. The Balaban J connectivity index is 2.20. The number of nitrogens with zero attached hydrogens (tertiary/aromatic N) is 3. The summed E-state index contributed by atoms with van der Waals surface area (Å²) in [7, 11) is 0. The molecule has 82 valence electrons. The first kappa shape index (κ1) is 10.6. The van der Waals surface area contributed by atoms with Crippen molar-refractivity contribution in [3.8, 4) is 0 Å². The molecule has 1 N–H and O–H groups in total. The monoisotopic (exact) mass is 226 g/mol. The van der Waals surface area contributed by atoms with Crippen molar-refractivity contribution in [1.29, 1.82) is 0 Å². The van der Waals surface area contributed by atoms with Gasteiger partial charge in [0.1, 0.15) is 5.82 Å². The van der Waals surface area contributed by atoms with Crippen LogP contribution in [-0.2, 0) is 0 Å². The van der Waals surface area contributed by atoms with Gasteiger partial charge in [-0.3, -0.25) is 0 Å². The lowest BCUT2D eigenvalue weighted by molar-refractivity contribution is 0.482. The van der Waals surface area contributed by atoms with Crippen LogP contribution in [0.25, 0.3) is 0 Å². The first-order valence-corrected chi connectivity index (χ1v) is 5.52. The van der Waals surface area contributed by atoms with Gasteiger partial charge < -0.3 is 10.2 Å². The van der Waals surface area contributed by atoms with Crippen LogP contribution in [0.15, 0.2) is 6.07 Å². The molecular weight excluding hydrogens is 212 g/mol. The van der Waals surface area contributed by atoms with E-state index in [1.54, 1.807) is 0 Å². The van der Waals surface area contributed by atoms with E-state index in [1.807, 2.05) is 13.0 Å². The molecule has 0 bridgehead atoms. The van der Waals surface area contributed by atoms with Gasteiger partial charge in [-0.2, -0.15) is 0 Å². The summed E-state index contributed by atoms with van der Waals surface area (Å²) >= 11 is 5.84. The molecule has 2 heterocycles. The Hall–Kier alpha value is -0.870. The van der Waals surface area contributed by atoms with Gasteiger partial charge in [-0.05, 0) is 25.4 Å². The van der Waals surface area contributed by atoms with Crippen LogP contribution in [-0.4, -0.2) is 35.6 Å². The Kier molecular flexibility index (Phi) is 3.07. The normalized spacial score (nSPS) is 21.8. The molecule has 15 heavy (non-hydrogen) atoms. The van der Waals surface area contributed by atoms with Gasteiger partial charge in [0.25, 0.3) is 0 Å². The average Bonchev–Trinajstić information content (AvgIpc) is 2.16. The molecule has 0 aromatic carbocycles. The third kappa shape index (κ3) is 2.58. The van der Waals surface area contributed by atoms with E-state index in [4.69, 9.17) is 11.6 Å². The maximum atomic E-state index is 5.84. The second-order valence-corrected chi connectivity index (χ2v) is 4.28. The largest absolute Gasteiger partial charge is 0.354 e. The number of rotatable bonds is 1. The topological polar surface area (TPSA) is 41.0 Å². The maximum Gasteiger partial charge on any atom is 0.224 e. The van der Waals surface area contributed by atoms with Gasteiger partial charge >= 0.3 is 0 Å². The number of hydrogen-bond acceptors (Lipinski definition) is 4. The molecule has 5 heteroatoms. The number of aromatic nitrogens is 2. The van der Waals surface area contributed by atoms with Crippen LogP contribution >= 0.6 is 11.6 Å². The molecule has 0 amide bonds. The SMILES string of the molecule is Cc1cc(N2CCNC(C)C2)nc(Cl)n1. The number of nitrogens with one attached hydrogen (secondary N) is 1. The van der Waals surface area contributed by atoms with E-state index in [0.717, 1.165) is 31.1 Å². The Morgan fingerprint density at radius 1 is 1.53 bits per heavy atom. The van der Waals surface area contributed by atoms with Crippen molar-refractivity contribution in [2.75, 3.05) is 24.5 Å². The van der Waals surface area contributed by atoms with Crippen LogP contribution in [0, 0.1) is 6.92 Å². The second-order valence-electron chi connectivity index (χ2n) is 3.94. The van der Waals surface area contributed by atoms with Crippen molar-refractivity contribution in [2.24, 2.45) is 0 Å². The fraction of sp³-hybridized carbons (Fsp3) is 0.600. The number of hydrogen-bond donors (Lipinski definition) is 1. The number of piperazine rings is 1. The fourth-order valence-corrected chi connectivity index (χ4v) is 2.04. The third-order valence-corrected chi connectivity index (χ3v) is 2.68. The fourth-order valence-electron chi connectivity index (χ4n) is 1.82. The van der Waals surface area contributed by atoms with E-state index in [1.165, 1.54) is 0 Å². The summed E-state index contributed by atoms with van der Waals surface area (Å²) in [5, 5.41) is 3.72. The predicted molar refractivity (Wildman–Crippen MR) is 61.5 cm³/mol. The zero-order valence-corrected chi connectivity index (χ0v) is 9.75. The molecule has 0 saturated carbocycles. The number of anilines is 1. The van der Waals surface area contributed by atoms with Crippen LogP contribution in [0.2, 0.25) is 5.28 Å². The Bertz CT molecular complexity index is 335. The van der Waals surface area contributed by atoms with E-state index in [0.29, 0.717) is 11.3 Å². The van der Waals surface area contributed by atoms with Crippen LogP contribution in [0.4, 0.5) is 5.82 Å². The van der Waals surface area contributed by atoms with Crippen molar-refractivity contribution < 1.29 is 0 Å². The summed E-state index contributed by atoms with van der Waals surface area (Å²) in [5.74, 6) is 0.931. The predicted octanol–water partition coefficient (Wildman–Crippen LogP) is 1.24. The highest BCUT2D eigenvalue weighted by Gasteiger charge is 2.17. The summed E-state index contributed by atoms with van der Waals surface area (Å²) in [4.78, 5) is 10.5. The molecule has 1 aromatic rings. The summed E-state index contributed by atoms with van der Waals surface area (Å²) in [6, 6.07) is 2.47. The Morgan fingerprint density at radius 2 is 2.33 bits per heavy atom. The molecule has 1 atom stereocenters. The molecule has 1 unspecified atom stereocenters. The van der Waals surface area contributed by atoms with E-state index in [-0.39, 0.29) is 0 Å². The van der Waals surface area contributed by atoms with Gasteiger partial charge in [0.2, 0.25) is 5.28 Å². The van der Waals surface area contributed by atoms with Crippen molar-refractivity contribution in [3.63, 3.8) is 0 Å². The minimum atomic E-state index is 0.330. The van der Waals surface area contributed by atoms with Gasteiger partial charge in [-0.25, -0.2) is 9.97 Å². The molecule has 1 fully saturated rings. The molecule has 4 nitrogen and oxygen atoms in total. The summed E-state index contributed by atoms with van der Waals surface area (Å²) in [5.41, 5.74) is 0.913. The number of halogens is 1. The molecule has 1 aliphatic rings. The third-order valence-electron chi connectivity index (χ3n) is 2.51. The standard InChI is InChI=1S/C10H15ClN4/c1-7-5-9(14-10(11)13-7)15-4-3-12-8(2)6-15/h5,8,12H,3-4,6H2,1-2H3. The van der Waals surface area contributed by atoms with Gasteiger partial charge in [0.15, 0.2) is 0 Å². The lowest BCUT2D eigenvalue weighted by atomic mass is 10.2. The Labute approximate surface area is 94.7 Å². The van der Waals surface area contributed by atoms with Crippen LogP contribution in [0.3, 0.4) is 0 Å². The van der Waals surface area contributed by atoms with E-state index in [2.05, 4.69) is 27.1 Å². The lowest BCUT2D eigenvalue weighted by Crippen LogP contribution is -2.49. The first-order valence-electron chi connectivity index (χ1n) is 5.14. The van der Waals surface area contributed by atoms with Crippen LogP contribution in [0.1, 0.15) is 12.6 Å². The highest BCUT2D eigenvalue weighted by Crippen LogP contribution is 2.16. The molecule has 1 saturated heterocycles. The quantitative estimate of drug-likeness (QED) is 0.732. The van der Waals surface area contributed by atoms with E-state index >= 15 is 0 Å². The van der Waals surface area contributed by atoms with Crippen LogP contribution < -0.4 is 10.2 Å². The molecule has 0 aliphatic carbocycles. The van der Waals surface area contributed by atoms with Crippen molar-refractivity contribution in [3.05, 3.63) is 17.0 Å². The average molecular weight is 227 g/mol. The van der Waals surface area contributed by atoms with Gasteiger partial charge in [-0.15, -0.1) is 0 Å². The van der Waals surface area contributed by atoms with Gasteiger partial charge in [0, 0.05) is 37.4 Å². The smallest absolute Gasteiger partial charge is 0.224 e. The summed E-state index contributed by atoms with van der Waals surface area (Å²) < 4.78 is 0. The lowest BCUT2D eigenvalue weighted by Gasteiger charge is -2.32. The van der Waals surface area contributed by atoms with Crippen molar-refractivity contribution in [1.82, 2.24) is 15.3 Å². The molecule has 0 radical (unpaired) electrons. The maximum absolute atomic E-state index is 5.84. The van der Waals surface area contributed by atoms with Gasteiger partial charge in [0.05, 0.1) is 0 Å². The minimum Gasteiger partial charge on any atom is -0.354 e. The first-order chi connectivity index (χ1) is 7.15. The molecule has 1 aliphatic heterocycles. The van der Waals surface area contributed by atoms with E-state index in [9.17, 15) is 0 Å². The minimum absolute atomic E-state index is 0.330. The Morgan fingerprint density at radius 3 is 3.00 bits per heavy atom.